The summed E-state index contributed by atoms with van der Waals surface area (Å²) >= 11 is 6.77. The Kier molecular flexibility index (Phi) is 5.33. The van der Waals surface area contributed by atoms with E-state index in [-0.39, 0.29) is 5.91 Å². The Morgan fingerprint density at radius 2 is 2.00 bits per heavy atom. The van der Waals surface area contributed by atoms with Gasteiger partial charge in [-0.05, 0) is 36.8 Å². The molecule has 1 aromatic carbocycles. The average Bonchev–Trinajstić information content (AvgIpc) is 3.27. The van der Waals surface area contributed by atoms with Crippen LogP contribution in [0, 0.1) is 6.92 Å². The van der Waals surface area contributed by atoms with Crippen molar-refractivity contribution >= 4 is 46.0 Å². The fraction of sp³-hybridized carbons (Fsp3) is 0.300. The Morgan fingerprint density at radius 1 is 1.19 bits per heavy atom. The van der Waals surface area contributed by atoms with E-state index in [4.69, 9.17) is 16.6 Å². The molecule has 1 amide bonds. The zero-order valence-corrected chi connectivity index (χ0v) is 16.8. The van der Waals surface area contributed by atoms with Gasteiger partial charge in [0.25, 0.3) is 5.91 Å². The van der Waals surface area contributed by atoms with Crippen LogP contribution in [0.5, 0.6) is 0 Å². The number of aryl methyl sites for hydroxylation is 1. The molecule has 2 aliphatic heterocycles. The van der Waals surface area contributed by atoms with Gasteiger partial charge in [-0.2, -0.15) is 0 Å². The summed E-state index contributed by atoms with van der Waals surface area (Å²) < 4.78 is 5.92. The smallest absolute Gasteiger partial charge is 0.267 e. The molecular weight excluding hydrogens is 378 g/mol. The number of carbonyl (C=O) groups excluding carboxylic acids is 1. The lowest BCUT2D eigenvalue weighted by molar-refractivity contribution is -0.123. The largest absolute Gasteiger partial charge is 0.465 e. The molecule has 0 bridgehead atoms. The minimum atomic E-state index is -0.0393. The second kappa shape index (κ2) is 7.88. The van der Waals surface area contributed by atoms with E-state index >= 15 is 0 Å². The van der Waals surface area contributed by atoms with E-state index in [9.17, 15) is 4.79 Å². The Hall–Kier alpha value is -2.09. The van der Waals surface area contributed by atoms with E-state index < -0.39 is 0 Å². The molecule has 2 aromatic rings. The average molecular weight is 400 g/mol. The number of carbonyl (C=O) groups is 1. The van der Waals surface area contributed by atoms with Gasteiger partial charge in [0.05, 0.1) is 17.8 Å². The van der Waals surface area contributed by atoms with Crippen molar-refractivity contribution in [3.8, 4) is 0 Å². The first kappa shape index (κ1) is 18.3. The second-order valence-electron chi connectivity index (χ2n) is 6.71. The Morgan fingerprint density at radius 3 is 2.70 bits per heavy atom. The molecule has 7 heteroatoms. The number of piperazine rings is 1. The van der Waals surface area contributed by atoms with Gasteiger partial charge in [0.1, 0.15) is 10.1 Å². The highest BCUT2D eigenvalue weighted by Gasteiger charge is 2.34. The van der Waals surface area contributed by atoms with Crippen molar-refractivity contribution in [2.24, 2.45) is 0 Å². The minimum absolute atomic E-state index is 0.0393. The van der Waals surface area contributed by atoms with Crippen molar-refractivity contribution in [1.29, 1.82) is 0 Å². The molecule has 27 heavy (non-hydrogen) atoms. The number of anilines is 1. The molecule has 3 heterocycles. The summed E-state index contributed by atoms with van der Waals surface area (Å²) in [6.07, 6.45) is 3.36. The lowest BCUT2D eigenvalue weighted by Gasteiger charge is -2.37. The highest BCUT2D eigenvalue weighted by Crippen LogP contribution is 2.32. The molecule has 0 unspecified atom stereocenters. The molecule has 1 aromatic heterocycles. The fourth-order valence-electron chi connectivity index (χ4n) is 3.30. The molecule has 2 fully saturated rings. The molecule has 0 saturated carbocycles. The van der Waals surface area contributed by atoms with Crippen molar-refractivity contribution in [2.45, 2.75) is 6.92 Å². The molecule has 5 nitrogen and oxygen atoms in total. The molecule has 140 valence electrons. The molecule has 0 atom stereocenters. The summed E-state index contributed by atoms with van der Waals surface area (Å²) in [6.45, 7) is 6.36. The molecule has 0 N–H and O–H groups in total. The normalized spacial score (nSPS) is 20.1. The van der Waals surface area contributed by atoms with Crippen LogP contribution in [0.25, 0.3) is 6.08 Å². The number of amides is 1. The maximum atomic E-state index is 12.7. The van der Waals surface area contributed by atoms with Gasteiger partial charge < -0.3 is 9.32 Å². The monoisotopic (exact) mass is 399 g/mol. The topological polar surface area (TPSA) is 39.9 Å². The number of nitrogens with zero attached hydrogens (tertiary/aromatic N) is 3. The van der Waals surface area contributed by atoms with E-state index in [0.717, 1.165) is 26.2 Å². The molecule has 2 saturated heterocycles. The van der Waals surface area contributed by atoms with Gasteiger partial charge in [0.2, 0.25) is 0 Å². The summed E-state index contributed by atoms with van der Waals surface area (Å²) in [7, 11) is 0. The molecule has 0 aliphatic carbocycles. The summed E-state index contributed by atoms with van der Waals surface area (Å²) in [6, 6.07) is 12.2. The van der Waals surface area contributed by atoms with Crippen LogP contribution in [0.2, 0.25) is 0 Å². The third kappa shape index (κ3) is 4.10. The maximum absolute atomic E-state index is 12.7. The summed E-state index contributed by atoms with van der Waals surface area (Å²) in [5.74, 6) is 0.629. The lowest BCUT2D eigenvalue weighted by atomic mass is 10.2. The molecule has 2 aliphatic rings. The summed E-state index contributed by atoms with van der Waals surface area (Å²) in [4.78, 5) is 19.7. The van der Waals surface area contributed by atoms with Crippen LogP contribution in [0.1, 0.15) is 11.3 Å². The predicted octanol–water partition coefficient (Wildman–Crippen LogP) is 3.57. The van der Waals surface area contributed by atoms with Gasteiger partial charge in [-0.3, -0.25) is 14.6 Å². The van der Waals surface area contributed by atoms with Gasteiger partial charge in [0, 0.05) is 37.9 Å². The highest BCUT2D eigenvalue weighted by atomic mass is 32.2. The Labute approximate surface area is 168 Å². The van der Waals surface area contributed by atoms with Crippen molar-refractivity contribution in [3.63, 3.8) is 0 Å². The van der Waals surface area contributed by atoms with E-state index in [0.29, 0.717) is 21.7 Å². The number of benzene rings is 1. The first-order valence-electron chi connectivity index (χ1n) is 8.93. The van der Waals surface area contributed by atoms with Crippen molar-refractivity contribution in [2.75, 3.05) is 37.7 Å². The fourth-order valence-corrected chi connectivity index (χ4v) is 4.52. The Balaban J connectivity index is 1.36. The van der Waals surface area contributed by atoms with Gasteiger partial charge in [-0.15, -0.1) is 0 Å². The zero-order chi connectivity index (χ0) is 18.8. The van der Waals surface area contributed by atoms with Crippen LogP contribution in [0.3, 0.4) is 0 Å². The molecular formula is C20H21N3O2S2. The van der Waals surface area contributed by atoms with E-state index in [1.54, 1.807) is 23.3 Å². The third-order valence-electron chi connectivity index (χ3n) is 4.77. The zero-order valence-electron chi connectivity index (χ0n) is 15.1. The van der Waals surface area contributed by atoms with Gasteiger partial charge >= 0.3 is 0 Å². The van der Waals surface area contributed by atoms with E-state index in [2.05, 4.69) is 41.0 Å². The van der Waals surface area contributed by atoms with Gasteiger partial charge in [-0.25, -0.2) is 0 Å². The molecule has 0 radical (unpaired) electrons. The van der Waals surface area contributed by atoms with Crippen molar-refractivity contribution in [3.05, 3.63) is 58.9 Å². The van der Waals surface area contributed by atoms with Crippen LogP contribution in [-0.4, -0.2) is 52.9 Å². The SMILES string of the molecule is Cc1cccc(N2CCN(CN3C(=O)C(=Cc4ccco4)SC3=S)CC2)c1. The van der Waals surface area contributed by atoms with Crippen LogP contribution in [-0.2, 0) is 4.79 Å². The van der Waals surface area contributed by atoms with Crippen molar-refractivity contribution < 1.29 is 9.21 Å². The number of thioether (sulfide) groups is 1. The van der Waals surface area contributed by atoms with Crippen molar-refractivity contribution in [1.82, 2.24) is 9.80 Å². The van der Waals surface area contributed by atoms with Gasteiger partial charge in [-0.1, -0.05) is 36.1 Å². The minimum Gasteiger partial charge on any atom is -0.465 e. The third-order valence-corrected chi connectivity index (χ3v) is 6.15. The standard InChI is InChI=1S/C20H21N3O2S2/c1-15-4-2-5-16(12-15)22-9-7-21(8-10-22)14-23-19(24)18(27-20(23)26)13-17-6-3-11-25-17/h2-6,11-13H,7-10,14H2,1H3. The predicted molar refractivity (Wildman–Crippen MR) is 114 cm³/mol. The number of rotatable bonds is 4. The number of thiocarbonyl (C=S) groups is 1. The number of furan rings is 1. The Bertz CT molecular complexity index is 871. The van der Waals surface area contributed by atoms with Crippen LogP contribution < -0.4 is 4.90 Å². The van der Waals surface area contributed by atoms with E-state index in [1.165, 1.54) is 23.0 Å². The second-order valence-corrected chi connectivity index (χ2v) is 8.39. The van der Waals surface area contributed by atoms with Crippen LogP contribution >= 0.6 is 24.0 Å². The van der Waals surface area contributed by atoms with Gasteiger partial charge in [0.15, 0.2) is 0 Å². The highest BCUT2D eigenvalue weighted by molar-refractivity contribution is 8.26. The molecule has 4 rings (SSSR count). The first-order valence-corrected chi connectivity index (χ1v) is 10.2. The quantitative estimate of drug-likeness (QED) is 0.578. The summed E-state index contributed by atoms with van der Waals surface area (Å²) in [5, 5.41) is 0. The van der Waals surface area contributed by atoms with E-state index in [1.807, 2.05) is 6.07 Å². The van der Waals surface area contributed by atoms with Crippen LogP contribution in [0.15, 0.2) is 52.0 Å². The number of hydrogen-bond donors (Lipinski definition) is 0. The summed E-state index contributed by atoms with van der Waals surface area (Å²) in [5.41, 5.74) is 2.54. The lowest BCUT2D eigenvalue weighted by Crippen LogP contribution is -2.50. The maximum Gasteiger partial charge on any atom is 0.267 e. The molecule has 0 spiro atoms. The number of hydrogen-bond acceptors (Lipinski definition) is 6. The van der Waals surface area contributed by atoms with Crippen LogP contribution in [0.4, 0.5) is 5.69 Å². The first-order chi connectivity index (χ1) is 13.1.